The SMILES string of the molecule is O=C(N/N=C/c1c[nH]c2ccccc12)c1cccc(F)c1. The molecular formula is C16H12FN3O. The van der Waals surface area contributed by atoms with Crippen LogP contribution in [0.4, 0.5) is 4.39 Å². The number of hydrogen-bond acceptors (Lipinski definition) is 2. The number of para-hydroxylation sites is 1. The minimum Gasteiger partial charge on any atom is -0.361 e. The van der Waals surface area contributed by atoms with Gasteiger partial charge in [-0.05, 0) is 24.3 Å². The smallest absolute Gasteiger partial charge is 0.271 e. The van der Waals surface area contributed by atoms with Gasteiger partial charge >= 0.3 is 0 Å². The van der Waals surface area contributed by atoms with Crippen molar-refractivity contribution in [3.8, 4) is 0 Å². The molecule has 3 rings (SSSR count). The summed E-state index contributed by atoms with van der Waals surface area (Å²) in [4.78, 5) is 14.9. The van der Waals surface area contributed by atoms with Gasteiger partial charge in [-0.1, -0.05) is 24.3 Å². The van der Waals surface area contributed by atoms with Crippen LogP contribution in [0.5, 0.6) is 0 Å². The zero-order valence-electron chi connectivity index (χ0n) is 11.0. The van der Waals surface area contributed by atoms with Gasteiger partial charge < -0.3 is 4.98 Å². The Morgan fingerprint density at radius 3 is 2.90 bits per heavy atom. The Balaban J connectivity index is 1.74. The van der Waals surface area contributed by atoms with E-state index in [9.17, 15) is 9.18 Å². The average Bonchev–Trinajstić information content (AvgIpc) is 2.91. The maximum atomic E-state index is 13.0. The highest BCUT2D eigenvalue weighted by Crippen LogP contribution is 2.15. The topological polar surface area (TPSA) is 57.2 Å². The molecule has 21 heavy (non-hydrogen) atoms. The number of benzene rings is 2. The zero-order chi connectivity index (χ0) is 14.7. The summed E-state index contributed by atoms with van der Waals surface area (Å²) in [5.41, 5.74) is 4.47. The highest BCUT2D eigenvalue weighted by Gasteiger charge is 2.05. The van der Waals surface area contributed by atoms with Crippen molar-refractivity contribution >= 4 is 23.0 Å². The van der Waals surface area contributed by atoms with Gasteiger partial charge in [0.15, 0.2) is 0 Å². The molecule has 0 aliphatic rings. The predicted molar refractivity (Wildman–Crippen MR) is 79.8 cm³/mol. The number of halogens is 1. The molecule has 2 aromatic carbocycles. The highest BCUT2D eigenvalue weighted by atomic mass is 19.1. The van der Waals surface area contributed by atoms with Gasteiger partial charge in [-0.15, -0.1) is 0 Å². The van der Waals surface area contributed by atoms with Gasteiger partial charge in [-0.2, -0.15) is 5.10 Å². The summed E-state index contributed by atoms with van der Waals surface area (Å²) in [5.74, 6) is -0.908. The molecule has 104 valence electrons. The summed E-state index contributed by atoms with van der Waals surface area (Å²) < 4.78 is 13.0. The largest absolute Gasteiger partial charge is 0.361 e. The number of hydrogen-bond donors (Lipinski definition) is 2. The maximum Gasteiger partial charge on any atom is 0.271 e. The molecule has 0 unspecified atom stereocenters. The minimum absolute atomic E-state index is 0.228. The molecule has 0 atom stereocenters. The number of rotatable bonds is 3. The van der Waals surface area contributed by atoms with E-state index in [0.717, 1.165) is 22.5 Å². The summed E-state index contributed by atoms with van der Waals surface area (Å²) >= 11 is 0. The molecule has 1 aromatic heterocycles. The first-order valence-electron chi connectivity index (χ1n) is 6.39. The number of nitrogens with one attached hydrogen (secondary N) is 2. The van der Waals surface area contributed by atoms with Crippen molar-refractivity contribution in [2.75, 3.05) is 0 Å². The van der Waals surface area contributed by atoms with Crippen LogP contribution in [0.15, 0.2) is 59.8 Å². The fourth-order valence-corrected chi connectivity index (χ4v) is 2.06. The van der Waals surface area contributed by atoms with Gasteiger partial charge in [0.05, 0.1) is 6.21 Å². The van der Waals surface area contributed by atoms with E-state index in [1.54, 1.807) is 6.21 Å². The molecule has 1 amide bonds. The Hall–Kier alpha value is -2.95. The summed E-state index contributed by atoms with van der Waals surface area (Å²) in [6.45, 7) is 0. The Labute approximate surface area is 120 Å². The molecule has 1 heterocycles. The first-order chi connectivity index (χ1) is 10.2. The van der Waals surface area contributed by atoms with E-state index >= 15 is 0 Å². The summed E-state index contributed by atoms with van der Waals surface area (Å²) in [6, 6.07) is 13.2. The fraction of sp³-hybridized carbons (Fsp3) is 0. The van der Waals surface area contributed by atoms with E-state index in [-0.39, 0.29) is 5.56 Å². The van der Waals surface area contributed by atoms with Crippen molar-refractivity contribution in [3.63, 3.8) is 0 Å². The molecule has 2 N–H and O–H groups in total. The van der Waals surface area contributed by atoms with E-state index in [1.165, 1.54) is 18.2 Å². The molecule has 0 bridgehead atoms. The monoisotopic (exact) mass is 281 g/mol. The number of carbonyl (C=O) groups is 1. The van der Waals surface area contributed by atoms with Gasteiger partial charge in [0, 0.05) is 28.2 Å². The third-order valence-electron chi connectivity index (χ3n) is 3.08. The van der Waals surface area contributed by atoms with Crippen LogP contribution in [-0.2, 0) is 0 Å². The molecule has 3 aromatic rings. The number of aromatic nitrogens is 1. The number of hydrazone groups is 1. The first-order valence-corrected chi connectivity index (χ1v) is 6.39. The molecule has 0 spiro atoms. The van der Waals surface area contributed by atoms with Gasteiger partial charge in [-0.3, -0.25) is 4.79 Å². The van der Waals surface area contributed by atoms with E-state index in [1.807, 2.05) is 30.5 Å². The second kappa shape index (κ2) is 5.58. The van der Waals surface area contributed by atoms with Gasteiger partial charge in [0.2, 0.25) is 0 Å². The molecule has 0 saturated carbocycles. The molecular weight excluding hydrogens is 269 g/mol. The minimum atomic E-state index is -0.455. The Morgan fingerprint density at radius 1 is 1.19 bits per heavy atom. The van der Waals surface area contributed by atoms with Crippen molar-refractivity contribution in [1.29, 1.82) is 0 Å². The lowest BCUT2D eigenvalue weighted by atomic mass is 10.2. The molecule has 4 nitrogen and oxygen atoms in total. The standard InChI is InChI=1S/C16H12FN3O/c17-13-5-3-4-11(8-13)16(21)20-19-10-12-9-18-15-7-2-1-6-14(12)15/h1-10,18H,(H,20,21)/b19-10+. The second-order valence-corrected chi connectivity index (χ2v) is 4.50. The van der Waals surface area contributed by atoms with Crippen molar-refractivity contribution in [2.45, 2.75) is 0 Å². The van der Waals surface area contributed by atoms with Crippen LogP contribution in [0.25, 0.3) is 10.9 Å². The van der Waals surface area contributed by atoms with Crippen molar-refractivity contribution < 1.29 is 9.18 Å². The summed E-state index contributed by atoms with van der Waals surface area (Å²) in [7, 11) is 0. The van der Waals surface area contributed by atoms with E-state index in [2.05, 4.69) is 15.5 Å². The van der Waals surface area contributed by atoms with Gasteiger partial charge in [-0.25, -0.2) is 9.82 Å². The van der Waals surface area contributed by atoms with Crippen LogP contribution in [0, 0.1) is 5.82 Å². The number of carbonyl (C=O) groups excluding carboxylic acids is 1. The summed E-state index contributed by atoms with van der Waals surface area (Å²) in [5, 5.41) is 4.92. The third-order valence-corrected chi connectivity index (χ3v) is 3.08. The van der Waals surface area contributed by atoms with E-state index < -0.39 is 11.7 Å². The molecule has 0 saturated heterocycles. The zero-order valence-corrected chi connectivity index (χ0v) is 11.0. The quantitative estimate of drug-likeness (QED) is 0.562. The Bertz CT molecular complexity index is 823. The van der Waals surface area contributed by atoms with Crippen molar-refractivity contribution in [2.24, 2.45) is 5.10 Å². The second-order valence-electron chi connectivity index (χ2n) is 4.50. The highest BCUT2D eigenvalue weighted by molar-refractivity contribution is 6.00. The number of nitrogens with zero attached hydrogens (tertiary/aromatic N) is 1. The molecule has 0 fully saturated rings. The van der Waals surface area contributed by atoms with Crippen LogP contribution in [0.1, 0.15) is 15.9 Å². The molecule has 0 radical (unpaired) electrons. The fourth-order valence-electron chi connectivity index (χ4n) is 2.06. The van der Waals surface area contributed by atoms with Gasteiger partial charge in [0.1, 0.15) is 5.82 Å². The Kier molecular flexibility index (Phi) is 3.47. The van der Waals surface area contributed by atoms with Crippen LogP contribution in [-0.4, -0.2) is 17.1 Å². The van der Waals surface area contributed by atoms with Crippen LogP contribution < -0.4 is 5.43 Å². The number of amides is 1. The Morgan fingerprint density at radius 2 is 2.05 bits per heavy atom. The van der Waals surface area contributed by atoms with Crippen molar-refractivity contribution in [3.05, 3.63) is 71.7 Å². The third kappa shape index (κ3) is 2.81. The lowest BCUT2D eigenvalue weighted by Gasteiger charge is -1.99. The lowest BCUT2D eigenvalue weighted by molar-refractivity contribution is 0.0954. The number of H-pyrrole nitrogens is 1. The predicted octanol–water partition coefficient (Wildman–Crippen LogP) is 3.07. The summed E-state index contributed by atoms with van der Waals surface area (Å²) in [6.07, 6.45) is 3.36. The van der Waals surface area contributed by atoms with Gasteiger partial charge in [0.25, 0.3) is 5.91 Å². The van der Waals surface area contributed by atoms with Crippen LogP contribution in [0.3, 0.4) is 0 Å². The molecule has 0 aliphatic heterocycles. The number of fused-ring (bicyclic) bond motifs is 1. The van der Waals surface area contributed by atoms with Crippen LogP contribution >= 0.6 is 0 Å². The molecule has 0 aliphatic carbocycles. The number of aromatic amines is 1. The normalized spacial score (nSPS) is 11.1. The van der Waals surface area contributed by atoms with Crippen LogP contribution in [0.2, 0.25) is 0 Å². The van der Waals surface area contributed by atoms with E-state index in [0.29, 0.717) is 0 Å². The van der Waals surface area contributed by atoms with E-state index in [4.69, 9.17) is 0 Å². The lowest BCUT2D eigenvalue weighted by Crippen LogP contribution is -2.17. The maximum absolute atomic E-state index is 13.0. The molecule has 5 heteroatoms. The average molecular weight is 281 g/mol. The first kappa shape index (κ1) is 13.1. The van der Waals surface area contributed by atoms with Crippen molar-refractivity contribution in [1.82, 2.24) is 10.4 Å².